The molecule has 0 unspecified atom stereocenters. The van der Waals surface area contributed by atoms with Crippen molar-refractivity contribution in [2.24, 2.45) is 0 Å². The van der Waals surface area contributed by atoms with E-state index in [9.17, 15) is 0 Å². The fourth-order valence-corrected chi connectivity index (χ4v) is 3.36. The van der Waals surface area contributed by atoms with Crippen molar-refractivity contribution in [3.05, 3.63) is 50.7 Å². The van der Waals surface area contributed by atoms with Crippen molar-refractivity contribution in [2.45, 2.75) is 39.3 Å². The van der Waals surface area contributed by atoms with Gasteiger partial charge in [-0.2, -0.15) is 0 Å². The third-order valence-electron chi connectivity index (χ3n) is 3.30. The molecule has 114 valence electrons. The van der Waals surface area contributed by atoms with Gasteiger partial charge in [0.1, 0.15) is 5.75 Å². The first-order valence-electron chi connectivity index (χ1n) is 7.03. The van der Waals surface area contributed by atoms with Crippen molar-refractivity contribution in [3.63, 3.8) is 0 Å². The zero-order valence-electron chi connectivity index (χ0n) is 13.0. The fraction of sp³-hybridized carbons (Fsp3) is 0.412. The molecule has 0 aliphatic heterocycles. The molecule has 2 rings (SSSR count). The van der Waals surface area contributed by atoms with Gasteiger partial charge in [0.15, 0.2) is 0 Å². The van der Waals surface area contributed by atoms with Gasteiger partial charge in [0, 0.05) is 33.4 Å². The number of ether oxygens (including phenoxy) is 1. The number of benzene rings is 1. The van der Waals surface area contributed by atoms with Gasteiger partial charge in [-0.15, -0.1) is 11.3 Å². The Hall–Kier alpha value is -1.03. The number of halogens is 1. The van der Waals surface area contributed by atoms with E-state index in [1.54, 1.807) is 7.11 Å². The zero-order valence-corrected chi connectivity index (χ0v) is 14.6. The van der Waals surface area contributed by atoms with Crippen LogP contribution in [0.2, 0.25) is 5.02 Å². The van der Waals surface area contributed by atoms with Gasteiger partial charge in [-0.3, -0.25) is 0 Å². The molecule has 0 spiro atoms. The Kier molecular flexibility index (Phi) is 5.31. The third-order valence-corrected chi connectivity index (χ3v) is 5.16. The lowest BCUT2D eigenvalue weighted by atomic mass is 9.95. The first-order chi connectivity index (χ1) is 9.91. The average molecular weight is 324 g/mol. The summed E-state index contributed by atoms with van der Waals surface area (Å²) in [5.41, 5.74) is 1.23. The van der Waals surface area contributed by atoms with E-state index >= 15 is 0 Å². The molecule has 0 aliphatic carbocycles. The molecule has 0 saturated heterocycles. The zero-order chi connectivity index (χ0) is 15.5. The molecule has 2 aromatic rings. The topological polar surface area (TPSA) is 21.3 Å². The molecule has 1 aromatic carbocycles. The van der Waals surface area contributed by atoms with Crippen molar-refractivity contribution in [2.75, 3.05) is 7.11 Å². The minimum absolute atomic E-state index is 0.217. The van der Waals surface area contributed by atoms with Crippen LogP contribution in [0.3, 0.4) is 0 Å². The Bertz CT molecular complexity index is 601. The molecule has 0 fully saturated rings. The van der Waals surface area contributed by atoms with Crippen LogP contribution in [-0.2, 0) is 18.5 Å². The van der Waals surface area contributed by atoms with Gasteiger partial charge in [-0.25, -0.2) is 0 Å². The maximum Gasteiger partial charge on any atom is 0.124 e. The maximum absolute atomic E-state index is 6.24. The summed E-state index contributed by atoms with van der Waals surface area (Å²) in [6.07, 6.45) is 0. The summed E-state index contributed by atoms with van der Waals surface area (Å²) in [5.74, 6) is 0.830. The second-order valence-electron chi connectivity index (χ2n) is 6.04. The largest absolute Gasteiger partial charge is 0.496 e. The van der Waals surface area contributed by atoms with E-state index < -0.39 is 0 Å². The van der Waals surface area contributed by atoms with Crippen LogP contribution in [0.4, 0.5) is 0 Å². The van der Waals surface area contributed by atoms with Crippen LogP contribution in [0.1, 0.15) is 36.1 Å². The maximum atomic E-state index is 6.24. The summed E-state index contributed by atoms with van der Waals surface area (Å²) in [7, 11) is 1.67. The summed E-state index contributed by atoms with van der Waals surface area (Å²) < 4.78 is 5.36. The molecule has 0 atom stereocenters. The molecule has 0 amide bonds. The molecule has 21 heavy (non-hydrogen) atoms. The van der Waals surface area contributed by atoms with Crippen molar-refractivity contribution < 1.29 is 4.74 Å². The van der Waals surface area contributed by atoms with Crippen molar-refractivity contribution in [1.29, 1.82) is 0 Å². The van der Waals surface area contributed by atoms with Gasteiger partial charge in [0.2, 0.25) is 0 Å². The van der Waals surface area contributed by atoms with Gasteiger partial charge in [-0.1, -0.05) is 38.4 Å². The quantitative estimate of drug-likeness (QED) is 0.836. The minimum Gasteiger partial charge on any atom is -0.496 e. The highest BCUT2D eigenvalue weighted by atomic mass is 35.5. The predicted molar refractivity (Wildman–Crippen MR) is 91.6 cm³/mol. The Labute approximate surface area is 136 Å². The summed E-state index contributed by atoms with van der Waals surface area (Å²) in [4.78, 5) is 2.75. The number of rotatable bonds is 5. The lowest BCUT2D eigenvalue weighted by Crippen LogP contribution is -2.13. The molecule has 0 bridgehead atoms. The van der Waals surface area contributed by atoms with Gasteiger partial charge >= 0.3 is 0 Å². The number of hydrogen-bond donors (Lipinski definition) is 1. The smallest absolute Gasteiger partial charge is 0.124 e. The first kappa shape index (κ1) is 16.3. The number of nitrogens with one attached hydrogen (secondary N) is 1. The molecular weight excluding hydrogens is 302 g/mol. The summed E-state index contributed by atoms with van der Waals surface area (Å²) >= 11 is 8.10. The third kappa shape index (κ3) is 4.22. The molecule has 1 heterocycles. The lowest BCUT2D eigenvalue weighted by molar-refractivity contribution is 0.408. The van der Waals surface area contributed by atoms with E-state index in [2.05, 4.69) is 38.2 Å². The van der Waals surface area contributed by atoms with Crippen LogP contribution in [0.25, 0.3) is 0 Å². The molecule has 0 saturated carbocycles. The normalized spacial score (nSPS) is 11.7. The van der Waals surface area contributed by atoms with E-state index in [-0.39, 0.29) is 5.41 Å². The number of methoxy groups -OCH3 is 1. The van der Waals surface area contributed by atoms with Gasteiger partial charge in [-0.05, 0) is 29.7 Å². The Balaban J connectivity index is 1.98. The molecule has 1 N–H and O–H groups in total. The lowest BCUT2D eigenvalue weighted by Gasteiger charge is -2.15. The SMILES string of the molecule is COc1cccc(Cl)c1CNCc1ccc(C(C)(C)C)s1. The van der Waals surface area contributed by atoms with Crippen molar-refractivity contribution >= 4 is 22.9 Å². The fourth-order valence-electron chi connectivity index (χ4n) is 2.09. The molecular formula is C17H22ClNOS. The molecule has 0 aliphatic rings. The summed E-state index contributed by atoms with van der Waals surface area (Å²) in [5, 5.41) is 4.18. The van der Waals surface area contributed by atoms with E-state index in [1.807, 2.05) is 29.5 Å². The summed E-state index contributed by atoms with van der Waals surface area (Å²) in [6, 6.07) is 10.1. The predicted octanol–water partition coefficient (Wildman–Crippen LogP) is 5.00. The van der Waals surface area contributed by atoms with Crippen LogP contribution in [0, 0.1) is 0 Å². The Morgan fingerprint density at radius 1 is 1.14 bits per heavy atom. The number of hydrogen-bond acceptors (Lipinski definition) is 3. The first-order valence-corrected chi connectivity index (χ1v) is 8.22. The van der Waals surface area contributed by atoms with E-state index in [0.717, 1.165) is 22.9 Å². The van der Waals surface area contributed by atoms with Crippen LogP contribution >= 0.6 is 22.9 Å². The van der Waals surface area contributed by atoms with Gasteiger partial charge < -0.3 is 10.1 Å². The monoisotopic (exact) mass is 323 g/mol. The molecule has 0 radical (unpaired) electrons. The second-order valence-corrected chi connectivity index (χ2v) is 7.62. The average Bonchev–Trinajstić information content (AvgIpc) is 2.89. The summed E-state index contributed by atoms with van der Waals surface area (Å²) in [6.45, 7) is 8.26. The standard InChI is InChI=1S/C17H22ClNOS/c1-17(2,3)16-9-8-12(21-16)10-19-11-13-14(18)6-5-7-15(13)20-4/h5-9,19H,10-11H2,1-4H3. The van der Waals surface area contributed by atoms with Crippen LogP contribution in [0.5, 0.6) is 5.75 Å². The van der Waals surface area contributed by atoms with Crippen LogP contribution in [-0.4, -0.2) is 7.11 Å². The Morgan fingerprint density at radius 3 is 2.52 bits per heavy atom. The van der Waals surface area contributed by atoms with Crippen LogP contribution < -0.4 is 10.1 Å². The van der Waals surface area contributed by atoms with E-state index in [4.69, 9.17) is 16.3 Å². The second kappa shape index (κ2) is 6.82. The highest BCUT2D eigenvalue weighted by molar-refractivity contribution is 7.12. The van der Waals surface area contributed by atoms with E-state index in [0.29, 0.717) is 6.54 Å². The van der Waals surface area contributed by atoms with Crippen molar-refractivity contribution in [1.82, 2.24) is 5.32 Å². The van der Waals surface area contributed by atoms with Gasteiger partial charge in [0.05, 0.1) is 7.11 Å². The van der Waals surface area contributed by atoms with E-state index in [1.165, 1.54) is 9.75 Å². The highest BCUT2D eigenvalue weighted by Crippen LogP contribution is 2.30. The number of thiophene rings is 1. The molecule has 1 aromatic heterocycles. The van der Waals surface area contributed by atoms with Gasteiger partial charge in [0.25, 0.3) is 0 Å². The van der Waals surface area contributed by atoms with Crippen LogP contribution in [0.15, 0.2) is 30.3 Å². The molecule has 4 heteroatoms. The Morgan fingerprint density at radius 2 is 1.90 bits per heavy atom. The highest BCUT2D eigenvalue weighted by Gasteiger charge is 2.16. The van der Waals surface area contributed by atoms with Crippen molar-refractivity contribution in [3.8, 4) is 5.75 Å². The minimum atomic E-state index is 0.217. The molecule has 2 nitrogen and oxygen atoms in total.